The van der Waals surface area contributed by atoms with Gasteiger partial charge in [-0.2, -0.15) is 0 Å². The number of carbonyl (C=O) groups is 1. The third kappa shape index (κ3) is 3.63. The van der Waals surface area contributed by atoms with E-state index in [0.29, 0.717) is 24.7 Å². The smallest absolute Gasteiger partial charge is 0.222 e. The minimum absolute atomic E-state index is 0.0144. The molecule has 3 rings (SSSR count). The summed E-state index contributed by atoms with van der Waals surface area (Å²) in [5, 5.41) is 0. The Morgan fingerprint density at radius 2 is 2.13 bits per heavy atom. The predicted molar refractivity (Wildman–Crippen MR) is 81.9 cm³/mol. The van der Waals surface area contributed by atoms with E-state index in [9.17, 15) is 13.6 Å². The molecular formula is C17H22F2N2O2. The van der Waals surface area contributed by atoms with E-state index in [1.165, 1.54) is 6.07 Å². The Morgan fingerprint density at radius 1 is 1.30 bits per heavy atom. The Labute approximate surface area is 134 Å². The molecule has 3 unspecified atom stereocenters. The first-order chi connectivity index (χ1) is 11.0. The lowest BCUT2D eigenvalue weighted by Gasteiger charge is -2.18. The topological polar surface area (TPSA) is 55.6 Å². The van der Waals surface area contributed by atoms with Crippen LogP contribution in [0.15, 0.2) is 18.2 Å². The molecule has 0 bridgehead atoms. The maximum Gasteiger partial charge on any atom is 0.222 e. The third-order valence-corrected chi connectivity index (χ3v) is 4.95. The molecule has 1 aliphatic heterocycles. The lowest BCUT2D eigenvalue weighted by Crippen LogP contribution is -2.33. The lowest BCUT2D eigenvalue weighted by molar-refractivity contribution is -0.130. The predicted octanol–water partition coefficient (Wildman–Crippen LogP) is 2.32. The summed E-state index contributed by atoms with van der Waals surface area (Å²) in [5.41, 5.74) is 6.07. The molecule has 1 aromatic carbocycles. The Balaban J connectivity index is 1.40. The molecule has 1 saturated carbocycles. The summed E-state index contributed by atoms with van der Waals surface area (Å²) in [6.45, 7) is 1.80. The maximum absolute atomic E-state index is 13.4. The monoisotopic (exact) mass is 324 g/mol. The highest BCUT2D eigenvalue weighted by molar-refractivity contribution is 5.76. The van der Waals surface area contributed by atoms with Crippen molar-refractivity contribution in [2.24, 2.45) is 17.6 Å². The van der Waals surface area contributed by atoms with Crippen molar-refractivity contribution in [2.45, 2.75) is 31.7 Å². The van der Waals surface area contributed by atoms with Crippen LogP contribution in [-0.4, -0.2) is 36.5 Å². The van der Waals surface area contributed by atoms with Gasteiger partial charge in [0.25, 0.3) is 0 Å². The van der Waals surface area contributed by atoms with Gasteiger partial charge in [0.1, 0.15) is 5.82 Å². The zero-order valence-electron chi connectivity index (χ0n) is 13.0. The Kier molecular flexibility index (Phi) is 4.80. The van der Waals surface area contributed by atoms with Gasteiger partial charge in [0.2, 0.25) is 5.91 Å². The molecule has 6 heteroatoms. The van der Waals surface area contributed by atoms with Crippen molar-refractivity contribution < 1.29 is 18.3 Å². The molecule has 3 atom stereocenters. The van der Waals surface area contributed by atoms with E-state index >= 15 is 0 Å². The van der Waals surface area contributed by atoms with Crippen molar-refractivity contribution in [1.82, 2.24) is 4.90 Å². The molecule has 0 radical (unpaired) electrons. The number of likely N-dealkylation sites (tertiary alicyclic amines) is 1. The van der Waals surface area contributed by atoms with E-state index in [1.54, 1.807) is 0 Å². The van der Waals surface area contributed by atoms with Gasteiger partial charge in [-0.05, 0) is 43.2 Å². The summed E-state index contributed by atoms with van der Waals surface area (Å²) in [5.74, 6) is -0.238. The van der Waals surface area contributed by atoms with Gasteiger partial charge in [0.15, 0.2) is 11.6 Å². The second-order valence-corrected chi connectivity index (χ2v) is 6.49. The average molecular weight is 324 g/mol. The number of halogens is 2. The fraction of sp³-hybridized carbons (Fsp3) is 0.588. The summed E-state index contributed by atoms with van der Waals surface area (Å²) in [7, 11) is 0. The number of hydrogen-bond donors (Lipinski definition) is 1. The van der Waals surface area contributed by atoms with Gasteiger partial charge >= 0.3 is 0 Å². The van der Waals surface area contributed by atoms with E-state index in [0.717, 1.165) is 38.1 Å². The normalized spacial score (nSPS) is 26.4. The minimum atomic E-state index is -0.724. The number of benzene rings is 1. The van der Waals surface area contributed by atoms with E-state index in [2.05, 4.69) is 0 Å². The van der Waals surface area contributed by atoms with E-state index in [1.807, 2.05) is 4.90 Å². The van der Waals surface area contributed by atoms with Crippen LogP contribution in [0.1, 0.15) is 25.7 Å². The highest BCUT2D eigenvalue weighted by Crippen LogP contribution is 2.37. The van der Waals surface area contributed by atoms with Gasteiger partial charge in [0, 0.05) is 31.6 Å². The maximum atomic E-state index is 13.4. The zero-order valence-corrected chi connectivity index (χ0v) is 13.0. The van der Waals surface area contributed by atoms with Crippen LogP contribution in [0.25, 0.3) is 0 Å². The van der Waals surface area contributed by atoms with Crippen LogP contribution in [0.4, 0.5) is 8.78 Å². The van der Waals surface area contributed by atoms with Crippen molar-refractivity contribution in [3.8, 4) is 5.75 Å². The van der Waals surface area contributed by atoms with E-state index in [-0.39, 0.29) is 24.3 Å². The molecule has 1 aliphatic carbocycles. The van der Waals surface area contributed by atoms with E-state index < -0.39 is 11.6 Å². The van der Waals surface area contributed by atoms with Crippen LogP contribution >= 0.6 is 0 Å². The van der Waals surface area contributed by atoms with Crippen molar-refractivity contribution in [2.75, 3.05) is 19.7 Å². The van der Waals surface area contributed by atoms with Crippen LogP contribution in [-0.2, 0) is 4.79 Å². The molecule has 0 spiro atoms. The summed E-state index contributed by atoms with van der Waals surface area (Å²) in [6, 6.07) is 3.42. The fourth-order valence-corrected chi connectivity index (χ4v) is 3.67. The standard InChI is InChI=1S/C17H22F2N2O2/c18-12-4-6-16(14(19)8-12)23-7-1-2-17(22)21-9-11-3-5-15(20)13(11)10-21/h4,6,8,11,13,15H,1-3,5,7,9-10,20H2. The largest absolute Gasteiger partial charge is 0.491 e. The van der Waals surface area contributed by atoms with E-state index in [4.69, 9.17) is 10.5 Å². The van der Waals surface area contributed by atoms with Gasteiger partial charge in [0.05, 0.1) is 6.61 Å². The molecule has 1 saturated heterocycles. The lowest BCUT2D eigenvalue weighted by atomic mass is 9.98. The van der Waals surface area contributed by atoms with Gasteiger partial charge in [-0.15, -0.1) is 0 Å². The first-order valence-corrected chi connectivity index (χ1v) is 8.16. The summed E-state index contributed by atoms with van der Waals surface area (Å²) < 4.78 is 31.4. The van der Waals surface area contributed by atoms with Crippen LogP contribution < -0.4 is 10.5 Å². The first-order valence-electron chi connectivity index (χ1n) is 8.16. The summed E-state index contributed by atoms with van der Waals surface area (Å²) >= 11 is 0. The number of ether oxygens (including phenoxy) is 1. The van der Waals surface area contributed by atoms with Crippen molar-refractivity contribution >= 4 is 5.91 Å². The summed E-state index contributed by atoms with van der Waals surface area (Å²) in [6.07, 6.45) is 3.06. The molecule has 4 nitrogen and oxygen atoms in total. The summed E-state index contributed by atoms with van der Waals surface area (Å²) in [4.78, 5) is 14.1. The van der Waals surface area contributed by atoms with Crippen molar-refractivity contribution in [3.63, 3.8) is 0 Å². The molecule has 126 valence electrons. The highest BCUT2D eigenvalue weighted by atomic mass is 19.1. The SMILES string of the molecule is NC1CCC2CN(C(=O)CCCOc3ccc(F)cc3F)CC12. The van der Waals surface area contributed by atoms with Gasteiger partial charge < -0.3 is 15.4 Å². The van der Waals surface area contributed by atoms with Gasteiger partial charge in [-0.3, -0.25) is 4.79 Å². The minimum Gasteiger partial charge on any atom is -0.491 e. The van der Waals surface area contributed by atoms with Crippen molar-refractivity contribution in [1.29, 1.82) is 0 Å². The molecule has 1 amide bonds. The van der Waals surface area contributed by atoms with Crippen molar-refractivity contribution in [3.05, 3.63) is 29.8 Å². The molecule has 1 aromatic rings. The first kappa shape index (κ1) is 16.2. The molecular weight excluding hydrogens is 302 g/mol. The number of hydrogen-bond acceptors (Lipinski definition) is 3. The van der Waals surface area contributed by atoms with Crippen LogP contribution in [0.3, 0.4) is 0 Å². The molecule has 2 N–H and O–H groups in total. The quantitative estimate of drug-likeness (QED) is 0.846. The van der Waals surface area contributed by atoms with Crippen LogP contribution in [0, 0.1) is 23.5 Å². The third-order valence-electron chi connectivity index (χ3n) is 4.95. The number of carbonyl (C=O) groups excluding carboxylic acids is 1. The van der Waals surface area contributed by atoms with Crippen LogP contribution in [0.2, 0.25) is 0 Å². The van der Waals surface area contributed by atoms with Gasteiger partial charge in [-0.25, -0.2) is 8.78 Å². The molecule has 1 heterocycles. The Morgan fingerprint density at radius 3 is 2.87 bits per heavy atom. The Hall–Kier alpha value is -1.69. The second kappa shape index (κ2) is 6.83. The molecule has 2 fully saturated rings. The molecule has 2 aliphatic rings. The number of nitrogens with two attached hydrogens (primary N) is 1. The number of amides is 1. The molecule has 0 aromatic heterocycles. The Bertz CT molecular complexity index is 582. The number of rotatable bonds is 5. The molecule has 23 heavy (non-hydrogen) atoms. The number of fused-ring (bicyclic) bond motifs is 1. The fourth-order valence-electron chi connectivity index (χ4n) is 3.67. The zero-order chi connectivity index (χ0) is 16.4. The second-order valence-electron chi connectivity index (χ2n) is 6.49. The highest BCUT2D eigenvalue weighted by Gasteiger charge is 2.42. The van der Waals surface area contributed by atoms with Gasteiger partial charge in [-0.1, -0.05) is 0 Å². The average Bonchev–Trinajstić information content (AvgIpc) is 3.08. The number of nitrogens with zero attached hydrogens (tertiary/aromatic N) is 1. The van der Waals surface area contributed by atoms with Crippen LogP contribution in [0.5, 0.6) is 5.75 Å².